The third-order valence-electron chi connectivity index (χ3n) is 6.58. The second kappa shape index (κ2) is 12.9. The fraction of sp³-hybridized carbons (Fsp3) is 0.483. The molecule has 0 spiro atoms. The molecule has 35 heavy (non-hydrogen) atoms. The van der Waals surface area contributed by atoms with Gasteiger partial charge in [-0.3, -0.25) is 0 Å². The van der Waals surface area contributed by atoms with Crippen molar-refractivity contribution in [2.75, 3.05) is 14.2 Å². The summed E-state index contributed by atoms with van der Waals surface area (Å²) in [6.07, 6.45) is 4.53. The lowest BCUT2D eigenvalue weighted by molar-refractivity contribution is -0.134. The summed E-state index contributed by atoms with van der Waals surface area (Å²) >= 11 is 0. The minimum atomic E-state index is -0.385. The summed E-state index contributed by atoms with van der Waals surface area (Å²) in [5.41, 5.74) is 1.92. The summed E-state index contributed by atoms with van der Waals surface area (Å²) in [6.45, 7) is 7.50. The van der Waals surface area contributed by atoms with E-state index < -0.39 is 0 Å². The molecule has 2 aromatic rings. The molecule has 190 valence electrons. The van der Waals surface area contributed by atoms with Gasteiger partial charge in [0.1, 0.15) is 11.9 Å². The highest BCUT2D eigenvalue weighted by molar-refractivity contribution is 5.81. The van der Waals surface area contributed by atoms with E-state index >= 15 is 0 Å². The number of hydrogen-bond donors (Lipinski definition) is 0. The van der Waals surface area contributed by atoms with Crippen LogP contribution in [0.4, 0.5) is 0 Å². The maximum atomic E-state index is 11.5. The molecule has 0 aromatic heterocycles. The zero-order chi connectivity index (χ0) is 25.3. The van der Waals surface area contributed by atoms with Gasteiger partial charge >= 0.3 is 5.97 Å². The largest absolute Gasteiger partial charge is 0.497 e. The van der Waals surface area contributed by atoms with E-state index in [2.05, 4.69) is 32.9 Å². The first-order chi connectivity index (χ1) is 16.9. The van der Waals surface area contributed by atoms with Gasteiger partial charge in [-0.25, -0.2) is 4.79 Å². The minimum absolute atomic E-state index is 0.0400. The van der Waals surface area contributed by atoms with Gasteiger partial charge in [-0.15, -0.1) is 0 Å². The van der Waals surface area contributed by atoms with Crippen LogP contribution in [0.1, 0.15) is 44.7 Å². The Morgan fingerprint density at radius 1 is 1.00 bits per heavy atom. The van der Waals surface area contributed by atoms with E-state index in [9.17, 15) is 4.79 Å². The van der Waals surface area contributed by atoms with Gasteiger partial charge in [0.15, 0.2) is 0 Å². The number of epoxide rings is 1. The Balaban J connectivity index is 1.69. The van der Waals surface area contributed by atoms with E-state index in [1.54, 1.807) is 13.2 Å². The molecule has 0 unspecified atom stereocenters. The SMILES string of the molecule is CC[C@@H](C[C@@H](OCc1ccc(OC)cc1)C(C)(C)[C@@H]1O[C@H]1/C=C/C(=O)OC)OCc1ccccc1. The molecule has 0 bridgehead atoms. The lowest BCUT2D eigenvalue weighted by Crippen LogP contribution is -2.40. The molecular weight excluding hydrogens is 444 g/mol. The molecule has 1 aliphatic heterocycles. The first kappa shape index (κ1) is 26.9. The van der Waals surface area contributed by atoms with Crippen LogP contribution in [0.2, 0.25) is 0 Å². The predicted octanol–water partition coefficient (Wildman–Crippen LogP) is 5.49. The van der Waals surface area contributed by atoms with Crippen molar-refractivity contribution in [2.45, 2.75) is 71.2 Å². The molecule has 0 N–H and O–H groups in total. The van der Waals surface area contributed by atoms with Gasteiger partial charge in [-0.2, -0.15) is 0 Å². The van der Waals surface area contributed by atoms with E-state index in [0.29, 0.717) is 13.2 Å². The van der Waals surface area contributed by atoms with Crippen molar-refractivity contribution < 1.29 is 28.5 Å². The summed E-state index contributed by atoms with van der Waals surface area (Å²) in [6, 6.07) is 18.1. The van der Waals surface area contributed by atoms with Crippen LogP contribution < -0.4 is 4.74 Å². The fourth-order valence-electron chi connectivity index (χ4n) is 4.18. The molecule has 4 atom stereocenters. The first-order valence-electron chi connectivity index (χ1n) is 12.2. The molecule has 1 aliphatic rings. The molecular formula is C29H38O6. The first-order valence-corrected chi connectivity index (χ1v) is 12.2. The van der Waals surface area contributed by atoms with Crippen LogP contribution in [0, 0.1) is 5.41 Å². The average molecular weight is 483 g/mol. The third-order valence-corrected chi connectivity index (χ3v) is 6.58. The molecule has 6 nitrogen and oxygen atoms in total. The molecule has 1 fully saturated rings. The molecule has 0 saturated carbocycles. The lowest BCUT2D eigenvalue weighted by Gasteiger charge is -2.35. The molecule has 3 rings (SSSR count). The Bertz CT molecular complexity index is 937. The number of methoxy groups -OCH3 is 2. The van der Waals surface area contributed by atoms with Gasteiger partial charge in [0.05, 0.1) is 45.7 Å². The van der Waals surface area contributed by atoms with Gasteiger partial charge in [-0.1, -0.05) is 63.2 Å². The maximum Gasteiger partial charge on any atom is 0.330 e. The van der Waals surface area contributed by atoms with Gasteiger partial charge < -0.3 is 23.7 Å². The van der Waals surface area contributed by atoms with Crippen LogP contribution in [0.15, 0.2) is 66.7 Å². The molecule has 0 amide bonds. The van der Waals surface area contributed by atoms with Crippen molar-refractivity contribution >= 4 is 5.97 Å². The minimum Gasteiger partial charge on any atom is -0.497 e. The molecule has 0 radical (unpaired) electrons. The molecule has 1 heterocycles. The number of carbonyl (C=O) groups excluding carboxylic acids is 1. The van der Waals surface area contributed by atoms with Crippen LogP contribution >= 0.6 is 0 Å². The topological polar surface area (TPSA) is 66.5 Å². The van der Waals surface area contributed by atoms with Crippen LogP contribution in [0.25, 0.3) is 0 Å². The number of ether oxygens (including phenoxy) is 5. The maximum absolute atomic E-state index is 11.5. The smallest absolute Gasteiger partial charge is 0.330 e. The fourth-order valence-corrected chi connectivity index (χ4v) is 4.18. The van der Waals surface area contributed by atoms with Gasteiger partial charge in [0, 0.05) is 17.9 Å². The van der Waals surface area contributed by atoms with Crippen molar-refractivity contribution in [2.24, 2.45) is 5.41 Å². The Hall–Kier alpha value is -2.67. The summed E-state index contributed by atoms with van der Waals surface area (Å²) in [5.74, 6) is 0.433. The monoisotopic (exact) mass is 482 g/mol. The van der Waals surface area contributed by atoms with E-state index in [0.717, 1.165) is 29.7 Å². The van der Waals surface area contributed by atoms with Crippen molar-refractivity contribution in [3.63, 3.8) is 0 Å². The normalized spacial score (nSPS) is 19.3. The quantitative estimate of drug-likeness (QED) is 0.202. The zero-order valence-corrected chi connectivity index (χ0v) is 21.4. The van der Waals surface area contributed by atoms with Crippen molar-refractivity contribution in [1.82, 2.24) is 0 Å². The predicted molar refractivity (Wildman–Crippen MR) is 135 cm³/mol. The highest BCUT2D eigenvalue weighted by Crippen LogP contribution is 2.44. The third kappa shape index (κ3) is 7.92. The van der Waals surface area contributed by atoms with E-state index in [-0.39, 0.29) is 35.8 Å². The molecule has 1 saturated heterocycles. The van der Waals surface area contributed by atoms with Crippen molar-refractivity contribution in [3.8, 4) is 5.75 Å². The highest BCUT2D eigenvalue weighted by Gasteiger charge is 2.52. The van der Waals surface area contributed by atoms with E-state index in [1.807, 2.05) is 42.5 Å². The number of hydrogen-bond acceptors (Lipinski definition) is 6. The molecule has 6 heteroatoms. The number of rotatable bonds is 14. The van der Waals surface area contributed by atoms with Crippen LogP contribution in [-0.2, 0) is 37.0 Å². The van der Waals surface area contributed by atoms with Crippen molar-refractivity contribution in [1.29, 1.82) is 0 Å². The van der Waals surface area contributed by atoms with E-state index in [4.69, 9.17) is 23.7 Å². The molecule has 0 aliphatic carbocycles. The lowest BCUT2D eigenvalue weighted by atomic mass is 9.78. The van der Waals surface area contributed by atoms with Crippen LogP contribution in [0.5, 0.6) is 5.75 Å². The van der Waals surface area contributed by atoms with Gasteiger partial charge in [0.2, 0.25) is 0 Å². The van der Waals surface area contributed by atoms with Crippen LogP contribution in [-0.4, -0.2) is 44.6 Å². The number of benzene rings is 2. The summed E-state index contributed by atoms with van der Waals surface area (Å²) in [5, 5.41) is 0. The molecule has 2 aromatic carbocycles. The Labute approximate surface area is 209 Å². The highest BCUT2D eigenvalue weighted by atomic mass is 16.6. The second-order valence-corrected chi connectivity index (χ2v) is 9.44. The summed E-state index contributed by atoms with van der Waals surface area (Å²) in [7, 11) is 3.02. The summed E-state index contributed by atoms with van der Waals surface area (Å²) < 4.78 is 28.7. The number of esters is 1. The average Bonchev–Trinajstić information content (AvgIpc) is 3.68. The van der Waals surface area contributed by atoms with Crippen LogP contribution in [0.3, 0.4) is 0 Å². The standard InChI is InChI=1S/C29H38O6/c1-6-23(33-19-21-10-8-7-9-11-21)18-26(34-20-22-12-14-24(31-4)15-13-22)29(2,3)28-25(35-28)16-17-27(30)32-5/h7-17,23,25-26,28H,6,18-20H2,1-5H3/b17-16+/t23-,25-,26+,28+/m0/s1. The Kier molecular flexibility index (Phi) is 9.90. The zero-order valence-electron chi connectivity index (χ0n) is 21.4. The second-order valence-electron chi connectivity index (χ2n) is 9.44. The van der Waals surface area contributed by atoms with Crippen molar-refractivity contribution in [3.05, 3.63) is 77.9 Å². The number of carbonyl (C=O) groups is 1. The summed E-state index contributed by atoms with van der Waals surface area (Å²) in [4.78, 5) is 11.5. The Morgan fingerprint density at radius 3 is 2.29 bits per heavy atom. The Morgan fingerprint density at radius 2 is 1.66 bits per heavy atom. The van der Waals surface area contributed by atoms with E-state index in [1.165, 1.54) is 13.2 Å². The van der Waals surface area contributed by atoms with Gasteiger partial charge in [-0.05, 0) is 35.8 Å². The van der Waals surface area contributed by atoms with Gasteiger partial charge in [0.25, 0.3) is 0 Å².